The summed E-state index contributed by atoms with van der Waals surface area (Å²) >= 11 is 0. The summed E-state index contributed by atoms with van der Waals surface area (Å²) in [5, 5.41) is 10.7. The van der Waals surface area contributed by atoms with Gasteiger partial charge in [0.2, 0.25) is 0 Å². The standard InChI is InChI=1S/C18H22N2O3/c1-3-19-9-7-15-14(11-19)13-6-5-12(2)16(18(22)23)17(13)20(15)8-4-10-21/h5-6,10H,3-4,7-9,11H2,1-2H3,(H,22,23). The molecule has 0 radical (unpaired) electrons. The van der Waals surface area contributed by atoms with Gasteiger partial charge >= 0.3 is 5.97 Å². The van der Waals surface area contributed by atoms with Gasteiger partial charge in [-0.05, 0) is 24.6 Å². The van der Waals surface area contributed by atoms with Crippen LogP contribution in [-0.4, -0.2) is 39.9 Å². The number of likely N-dealkylation sites (N-methyl/N-ethyl adjacent to an activating group) is 1. The van der Waals surface area contributed by atoms with Crippen LogP contribution in [0.2, 0.25) is 0 Å². The molecular formula is C18H22N2O3. The van der Waals surface area contributed by atoms with Crippen LogP contribution in [0.3, 0.4) is 0 Å². The lowest BCUT2D eigenvalue weighted by molar-refractivity contribution is -0.108. The van der Waals surface area contributed by atoms with Crippen molar-refractivity contribution in [2.45, 2.75) is 39.8 Å². The van der Waals surface area contributed by atoms with Gasteiger partial charge in [-0.3, -0.25) is 4.90 Å². The maximum absolute atomic E-state index is 11.8. The van der Waals surface area contributed by atoms with Crippen molar-refractivity contribution < 1.29 is 14.7 Å². The molecule has 0 saturated heterocycles. The van der Waals surface area contributed by atoms with E-state index in [1.54, 1.807) is 0 Å². The van der Waals surface area contributed by atoms with Crippen LogP contribution in [0.1, 0.15) is 40.5 Å². The quantitative estimate of drug-likeness (QED) is 0.862. The van der Waals surface area contributed by atoms with Gasteiger partial charge in [-0.2, -0.15) is 0 Å². The van der Waals surface area contributed by atoms with E-state index in [4.69, 9.17) is 0 Å². The van der Waals surface area contributed by atoms with E-state index in [9.17, 15) is 14.7 Å². The summed E-state index contributed by atoms with van der Waals surface area (Å²) in [7, 11) is 0. The first kappa shape index (κ1) is 15.7. The van der Waals surface area contributed by atoms with Crippen molar-refractivity contribution in [2.75, 3.05) is 13.1 Å². The number of benzene rings is 1. The van der Waals surface area contributed by atoms with Gasteiger partial charge in [0.15, 0.2) is 0 Å². The van der Waals surface area contributed by atoms with Crippen LogP contribution in [0, 0.1) is 6.92 Å². The Morgan fingerprint density at radius 2 is 2.17 bits per heavy atom. The number of carboxylic acid groups (broad SMARTS) is 1. The van der Waals surface area contributed by atoms with Gasteiger partial charge in [-0.15, -0.1) is 0 Å². The zero-order valence-electron chi connectivity index (χ0n) is 13.6. The molecule has 1 aromatic carbocycles. The second-order valence-electron chi connectivity index (χ2n) is 6.11. The number of hydrogen-bond donors (Lipinski definition) is 1. The third kappa shape index (κ3) is 2.55. The minimum absolute atomic E-state index is 0.367. The average molecular weight is 314 g/mol. The van der Waals surface area contributed by atoms with Gasteiger partial charge in [-0.25, -0.2) is 4.79 Å². The molecule has 0 aliphatic carbocycles. The van der Waals surface area contributed by atoms with E-state index in [0.29, 0.717) is 18.5 Å². The Kier molecular flexibility index (Phi) is 4.22. The smallest absolute Gasteiger partial charge is 0.338 e. The average Bonchev–Trinajstić information content (AvgIpc) is 2.85. The van der Waals surface area contributed by atoms with Crippen LogP contribution in [0.5, 0.6) is 0 Å². The second kappa shape index (κ2) is 6.16. The van der Waals surface area contributed by atoms with Crippen molar-refractivity contribution in [2.24, 2.45) is 0 Å². The van der Waals surface area contributed by atoms with Crippen molar-refractivity contribution in [3.8, 4) is 0 Å². The zero-order valence-corrected chi connectivity index (χ0v) is 13.6. The molecule has 5 nitrogen and oxygen atoms in total. The van der Waals surface area contributed by atoms with Crippen LogP contribution in [0.15, 0.2) is 12.1 Å². The maximum atomic E-state index is 11.8. The summed E-state index contributed by atoms with van der Waals surface area (Å²) in [6.07, 6.45) is 2.20. The number of carbonyl (C=O) groups excluding carboxylic acids is 1. The molecule has 5 heteroatoms. The van der Waals surface area contributed by atoms with E-state index >= 15 is 0 Å². The summed E-state index contributed by atoms with van der Waals surface area (Å²) in [6, 6.07) is 3.92. The molecule has 1 aliphatic heterocycles. The highest BCUT2D eigenvalue weighted by Crippen LogP contribution is 2.34. The highest BCUT2D eigenvalue weighted by molar-refractivity contribution is 6.05. The van der Waals surface area contributed by atoms with E-state index in [0.717, 1.165) is 48.8 Å². The molecule has 0 amide bonds. The van der Waals surface area contributed by atoms with Crippen LogP contribution in [0.4, 0.5) is 0 Å². The number of aryl methyl sites for hydroxylation is 2. The summed E-state index contributed by atoms with van der Waals surface area (Å²) in [5.41, 5.74) is 4.33. The Morgan fingerprint density at radius 1 is 1.39 bits per heavy atom. The fraction of sp³-hybridized carbons (Fsp3) is 0.444. The van der Waals surface area contributed by atoms with Gasteiger partial charge < -0.3 is 14.5 Å². The molecular weight excluding hydrogens is 292 g/mol. The van der Waals surface area contributed by atoms with Crippen LogP contribution in [0.25, 0.3) is 10.9 Å². The minimum atomic E-state index is -0.900. The lowest BCUT2D eigenvalue weighted by Crippen LogP contribution is -2.30. The number of carbonyl (C=O) groups is 2. The topological polar surface area (TPSA) is 62.5 Å². The highest BCUT2D eigenvalue weighted by Gasteiger charge is 2.26. The van der Waals surface area contributed by atoms with Crippen molar-refractivity contribution in [1.29, 1.82) is 0 Å². The molecule has 0 bridgehead atoms. The highest BCUT2D eigenvalue weighted by atomic mass is 16.4. The third-order valence-corrected chi connectivity index (χ3v) is 4.83. The molecule has 122 valence electrons. The van der Waals surface area contributed by atoms with Crippen LogP contribution in [-0.2, 0) is 24.3 Å². The van der Waals surface area contributed by atoms with Gasteiger partial charge in [-0.1, -0.05) is 19.1 Å². The van der Waals surface area contributed by atoms with E-state index in [1.807, 2.05) is 19.1 Å². The Hall–Kier alpha value is -2.14. The molecule has 23 heavy (non-hydrogen) atoms. The van der Waals surface area contributed by atoms with Crippen LogP contribution >= 0.6 is 0 Å². The van der Waals surface area contributed by atoms with Crippen molar-refractivity contribution >= 4 is 23.2 Å². The minimum Gasteiger partial charge on any atom is -0.478 e. The fourth-order valence-corrected chi connectivity index (χ4v) is 3.67. The first-order valence-electron chi connectivity index (χ1n) is 8.11. The van der Waals surface area contributed by atoms with Crippen LogP contribution < -0.4 is 0 Å². The first-order valence-corrected chi connectivity index (χ1v) is 8.11. The number of hydrogen-bond acceptors (Lipinski definition) is 3. The van der Waals surface area contributed by atoms with Gasteiger partial charge in [0, 0.05) is 43.6 Å². The number of rotatable bonds is 5. The molecule has 0 saturated carbocycles. The number of aromatic nitrogens is 1. The number of carboxylic acids is 1. The molecule has 0 fully saturated rings. The Bertz CT molecular complexity index is 776. The summed E-state index contributed by atoms with van der Waals surface area (Å²) < 4.78 is 2.07. The van der Waals surface area contributed by atoms with E-state index in [2.05, 4.69) is 16.4 Å². The number of aromatic carboxylic acids is 1. The van der Waals surface area contributed by atoms with Crippen molar-refractivity contribution in [3.05, 3.63) is 34.5 Å². The van der Waals surface area contributed by atoms with Gasteiger partial charge in [0.05, 0.1) is 11.1 Å². The summed E-state index contributed by atoms with van der Waals surface area (Å²) in [4.78, 5) is 25.0. The predicted octanol–water partition coefficient (Wildman–Crippen LogP) is 2.61. The van der Waals surface area contributed by atoms with E-state index < -0.39 is 5.97 Å². The predicted molar refractivity (Wildman–Crippen MR) is 89.0 cm³/mol. The number of fused-ring (bicyclic) bond motifs is 3. The number of aldehydes is 1. The second-order valence-corrected chi connectivity index (χ2v) is 6.11. The SMILES string of the molecule is CCN1CCc2c(c3ccc(C)c(C(=O)O)c3n2CCC=O)C1. The monoisotopic (exact) mass is 314 g/mol. The molecule has 2 heterocycles. The normalized spacial score (nSPS) is 14.9. The number of nitrogens with zero attached hydrogens (tertiary/aromatic N) is 2. The zero-order chi connectivity index (χ0) is 16.6. The molecule has 1 aromatic heterocycles. The molecule has 3 rings (SSSR count). The maximum Gasteiger partial charge on any atom is 0.338 e. The van der Waals surface area contributed by atoms with E-state index in [-0.39, 0.29) is 0 Å². The molecule has 0 atom stereocenters. The van der Waals surface area contributed by atoms with Crippen molar-refractivity contribution in [3.63, 3.8) is 0 Å². The first-order chi connectivity index (χ1) is 11.1. The molecule has 1 N–H and O–H groups in total. The van der Waals surface area contributed by atoms with Gasteiger partial charge in [0.25, 0.3) is 0 Å². The van der Waals surface area contributed by atoms with Crippen molar-refractivity contribution in [1.82, 2.24) is 9.47 Å². The molecule has 2 aromatic rings. The molecule has 0 spiro atoms. The Morgan fingerprint density at radius 3 is 2.83 bits per heavy atom. The molecule has 1 aliphatic rings. The summed E-state index contributed by atoms with van der Waals surface area (Å²) in [5.74, 6) is -0.900. The lowest BCUT2D eigenvalue weighted by Gasteiger charge is -2.26. The fourth-order valence-electron chi connectivity index (χ4n) is 3.67. The summed E-state index contributed by atoms with van der Waals surface area (Å²) in [6.45, 7) is 7.32. The van der Waals surface area contributed by atoms with E-state index in [1.165, 1.54) is 11.3 Å². The largest absolute Gasteiger partial charge is 0.478 e. The Balaban J connectivity index is 2.30. The van der Waals surface area contributed by atoms with Gasteiger partial charge in [0.1, 0.15) is 6.29 Å². The lowest BCUT2D eigenvalue weighted by atomic mass is 10.0. The Labute approximate surface area is 135 Å². The third-order valence-electron chi connectivity index (χ3n) is 4.83. The molecule has 0 unspecified atom stereocenters.